The maximum Gasteiger partial charge on any atom is 0.237 e. The molecule has 1 saturated carbocycles. The number of carbonyl (C=O) groups excluding carboxylic acids is 1. The molecule has 1 aliphatic carbocycles. The molecule has 3 nitrogen and oxygen atoms in total. The number of nitrogens with one attached hydrogen (secondary N) is 1. The van der Waals surface area contributed by atoms with Crippen molar-refractivity contribution in [3.63, 3.8) is 0 Å². The lowest BCUT2D eigenvalue weighted by molar-refractivity contribution is -0.125. The first-order valence-electron chi connectivity index (χ1n) is 5.66. The summed E-state index contributed by atoms with van der Waals surface area (Å²) < 4.78 is 0. The third-order valence-corrected chi connectivity index (χ3v) is 3.34. The first kappa shape index (κ1) is 12.0. The smallest absolute Gasteiger partial charge is 0.237 e. The number of hydrogen-bond donors (Lipinski definition) is 1. The zero-order chi connectivity index (χ0) is 11.5. The molecule has 0 spiro atoms. The Kier molecular flexibility index (Phi) is 3.73. The average molecular weight is 208 g/mol. The van der Waals surface area contributed by atoms with Gasteiger partial charge in [0.2, 0.25) is 5.91 Å². The van der Waals surface area contributed by atoms with E-state index in [0.717, 1.165) is 6.54 Å². The van der Waals surface area contributed by atoms with Crippen LogP contribution < -0.4 is 5.32 Å². The molecule has 0 aromatic carbocycles. The number of nitriles is 1. The van der Waals surface area contributed by atoms with Crippen LogP contribution in [0.2, 0.25) is 0 Å². The Labute approximate surface area is 91.9 Å². The highest BCUT2D eigenvalue weighted by atomic mass is 16.1. The number of carbonyl (C=O) groups is 1. The Morgan fingerprint density at radius 1 is 1.53 bits per heavy atom. The van der Waals surface area contributed by atoms with Crippen molar-refractivity contribution in [3.05, 3.63) is 0 Å². The number of rotatable bonds is 4. The van der Waals surface area contributed by atoms with Crippen LogP contribution in [0.4, 0.5) is 0 Å². The molecule has 1 aliphatic rings. The Morgan fingerprint density at radius 3 is 2.47 bits per heavy atom. The van der Waals surface area contributed by atoms with Crippen LogP contribution in [0.15, 0.2) is 0 Å². The monoisotopic (exact) mass is 208 g/mol. The molecule has 1 fully saturated rings. The van der Waals surface area contributed by atoms with Gasteiger partial charge in [0.05, 0.1) is 6.07 Å². The fourth-order valence-electron chi connectivity index (χ4n) is 1.88. The van der Waals surface area contributed by atoms with E-state index in [1.54, 1.807) is 0 Å². The van der Waals surface area contributed by atoms with E-state index in [2.05, 4.69) is 18.3 Å². The van der Waals surface area contributed by atoms with Crippen LogP contribution in [0.3, 0.4) is 0 Å². The van der Waals surface area contributed by atoms with Gasteiger partial charge in [0.25, 0.3) is 0 Å². The van der Waals surface area contributed by atoms with Crippen molar-refractivity contribution < 1.29 is 4.79 Å². The Balaban J connectivity index is 2.38. The number of amides is 1. The summed E-state index contributed by atoms with van der Waals surface area (Å²) in [6, 6.07) is 2.06. The second-order valence-electron chi connectivity index (χ2n) is 5.23. The minimum atomic E-state index is -0.506. The van der Waals surface area contributed by atoms with Gasteiger partial charge in [0.15, 0.2) is 0 Å². The normalized spacial score (nSPS) is 20.2. The molecule has 1 N–H and O–H groups in total. The summed E-state index contributed by atoms with van der Waals surface area (Å²) in [4.78, 5) is 11.7. The van der Waals surface area contributed by atoms with E-state index < -0.39 is 5.92 Å². The minimum Gasteiger partial charge on any atom is -0.354 e. The fraction of sp³-hybridized carbons (Fsp3) is 0.833. The largest absolute Gasteiger partial charge is 0.354 e. The summed E-state index contributed by atoms with van der Waals surface area (Å²) in [6.07, 6.45) is 3.64. The molecule has 3 heteroatoms. The molecule has 0 aliphatic heterocycles. The predicted molar refractivity (Wildman–Crippen MR) is 58.9 cm³/mol. The average Bonchev–Trinajstić information content (AvgIpc) is 2.12. The molecule has 1 amide bonds. The first-order valence-corrected chi connectivity index (χ1v) is 5.66. The van der Waals surface area contributed by atoms with E-state index >= 15 is 0 Å². The summed E-state index contributed by atoms with van der Waals surface area (Å²) in [5.74, 6) is -0.529. The van der Waals surface area contributed by atoms with Gasteiger partial charge in [-0.15, -0.1) is 0 Å². The summed E-state index contributed by atoms with van der Waals surface area (Å²) in [7, 11) is 0. The van der Waals surface area contributed by atoms with Gasteiger partial charge in [0, 0.05) is 6.54 Å². The van der Waals surface area contributed by atoms with Gasteiger partial charge in [-0.1, -0.05) is 27.2 Å². The summed E-state index contributed by atoms with van der Waals surface area (Å²) >= 11 is 0. The molecule has 0 aromatic rings. The van der Waals surface area contributed by atoms with E-state index in [1.807, 2.05) is 13.8 Å². The Morgan fingerprint density at radius 2 is 2.13 bits per heavy atom. The molecule has 0 heterocycles. The van der Waals surface area contributed by atoms with Gasteiger partial charge < -0.3 is 5.32 Å². The summed E-state index contributed by atoms with van der Waals surface area (Å²) in [5, 5.41) is 11.8. The molecule has 1 rings (SSSR count). The van der Waals surface area contributed by atoms with E-state index in [1.165, 1.54) is 19.3 Å². The number of nitrogens with zero attached hydrogens (tertiary/aromatic N) is 1. The topological polar surface area (TPSA) is 52.9 Å². The fourth-order valence-corrected chi connectivity index (χ4v) is 1.88. The summed E-state index contributed by atoms with van der Waals surface area (Å²) in [6.45, 7) is 6.71. The second kappa shape index (κ2) is 4.65. The van der Waals surface area contributed by atoms with Crippen LogP contribution in [-0.4, -0.2) is 12.5 Å². The highest BCUT2D eigenvalue weighted by molar-refractivity contribution is 5.81. The Bertz CT molecular complexity index is 274. The molecular formula is C12H20N2O. The van der Waals surface area contributed by atoms with Gasteiger partial charge in [-0.2, -0.15) is 5.26 Å². The van der Waals surface area contributed by atoms with E-state index in [0.29, 0.717) is 0 Å². The minimum absolute atomic E-state index is 0.0872. The maximum atomic E-state index is 11.7. The highest BCUT2D eigenvalue weighted by Crippen LogP contribution is 2.39. The van der Waals surface area contributed by atoms with Crippen molar-refractivity contribution in [1.82, 2.24) is 5.32 Å². The molecule has 15 heavy (non-hydrogen) atoms. The zero-order valence-electron chi connectivity index (χ0n) is 9.84. The highest BCUT2D eigenvalue weighted by Gasteiger charge is 2.33. The van der Waals surface area contributed by atoms with Gasteiger partial charge in [-0.3, -0.25) is 4.79 Å². The standard InChI is InChI=1S/C12H20N2O/c1-9(2)10(7-13)11(15)14-8-12(3)5-4-6-12/h9-10H,4-6,8H2,1-3H3,(H,14,15). The van der Waals surface area contributed by atoms with Crippen LogP contribution in [0, 0.1) is 28.6 Å². The van der Waals surface area contributed by atoms with Crippen molar-refractivity contribution in [2.75, 3.05) is 6.54 Å². The molecule has 0 bridgehead atoms. The third-order valence-electron chi connectivity index (χ3n) is 3.34. The van der Waals surface area contributed by atoms with E-state index in [-0.39, 0.29) is 17.2 Å². The maximum absolute atomic E-state index is 11.7. The first-order chi connectivity index (χ1) is 6.98. The van der Waals surface area contributed by atoms with E-state index in [4.69, 9.17) is 5.26 Å². The van der Waals surface area contributed by atoms with Crippen LogP contribution >= 0.6 is 0 Å². The molecule has 0 saturated heterocycles. The predicted octanol–water partition coefficient (Wildman–Crippen LogP) is 2.09. The van der Waals surface area contributed by atoms with Crippen LogP contribution in [0.5, 0.6) is 0 Å². The molecular weight excluding hydrogens is 188 g/mol. The molecule has 1 unspecified atom stereocenters. The molecule has 84 valence electrons. The second-order valence-corrected chi connectivity index (χ2v) is 5.23. The van der Waals surface area contributed by atoms with Crippen molar-refractivity contribution in [1.29, 1.82) is 5.26 Å². The molecule has 1 atom stereocenters. The van der Waals surface area contributed by atoms with Crippen molar-refractivity contribution in [2.45, 2.75) is 40.0 Å². The Hall–Kier alpha value is -1.04. The van der Waals surface area contributed by atoms with E-state index in [9.17, 15) is 4.79 Å². The van der Waals surface area contributed by atoms with Gasteiger partial charge in [0.1, 0.15) is 5.92 Å². The lowest BCUT2D eigenvalue weighted by atomic mass is 9.70. The van der Waals surface area contributed by atoms with Gasteiger partial charge in [-0.05, 0) is 24.2 Å². The van der Waals surface area contributed by atoms with Crippen LogP contribution in [-0.2, 0) is 4.79 Å². The van der Waals surface area contributed by atoms with Crippen molar-refractivity contribution >= 4 is 5.91 Å². The van der Waals surface area contributed by atoms with Crippen molar-refractivity contribution in [3.8, 4) is 6.07 Å². The lowest BCUT2D eigenvalue weighted by Crippen LogP contribution is -2.42. The lowest BCUT2D eigenvalue weighted by Gasteiger charge is -2.38. The SMILES string of the molecule is CC(C)C(C#N)C(=O)NCC1(C)CCC1. The van der Waals surface area contributed by atoms with Crippen LogP contribution in [0.25, 0.3) is 0 Å². The molecule has 0 aromatic heterocycles. The summed E-state index contributed by atoms with van der Waals surface area (Å²) in [5.41, 5.74) is 0.284. The van der Waals surface area contributed by atoms with Gasteiger partial charge >= 0.3 is 0 Å². The van der Waals surface area contributed by atoms with Crippen molar-refractivity contribution in [2.24, 2.45) is 17.3 Å². The quantitative estimate of drug-likeness (QED) is 0.769. The van der Waals surface area contributed by atoms with Gasteiger partial charge in [-0.25, -0.2) is 0 Å². The zero-order valence-corrected chi connectivity index (χ0v) is 9.84. The third kappa shape index (κ3) is 2.95. The van der Waals surface area contributed by atoms with Crippen LogP contribution in [0.1, 0.15) is 40.0 Å². The number of hydrogen-bond acceptors (Lipinski definition) is 2. The molecule has 0 radical (unpaired) electrons.